The van der Waals surface area contributed by atoms with Crippen LogP contribution in [-0.4, -0.2) is 6.10 Å². The Morgan fingerprint density at radius 1 is 1.37 bits per heavy atom. The lowest BCUT2D eigenvalue weighted by Gasteiger charge is -2.34. The second-order valence-electron chi connectivity index (χ2n) is 6.09. The number of nitrogens with zero attached hydrogens (tertiary/aromatic N) is 1. The fourth-order valence-electron chi connectivity index (χ4n) is 2.54. The van der Waals surface area contributed by atoms with Crippen LogP contribution in [0.2, 0.25) is 0 Å². The summed E-state index contributed by atoms with van der Waals surface area (Å²) in [5.41, 5.74) is 1.56. The normalized spacial score (nSPS) is 19.1. The van der Waals surface area contributed by atoms with E-state index in [1.807, 2.05) is 0 Å². The number of halogens is 1. The Bertz CT molecular complexity index is 480. The van der Waals surface area contributed by atoms with Crippen molar-refractivity contribution in [3.63, 3.8) is 0 Å². The molecule has 0 N–H and O–H groups in total. The summed E-state index contributed by atoms with van der Waals surface area (Å²) in [5.74, 6) is -0.317. The van der Waals surface area contributed by atoms with Crippen molar-refractivity contribution in [2.24, 2.45) is 5.41 Å². The van der Waals surface area contributed by atoms with Gasteiger partial charge in [0.15, 0.2) is 0 Å². The zero-order valence-electron chi connectivity index (χ0n) is 11.6. The van der Waals surface area contributed by atoms with Gasteiger partial charge in [0.05, 0.1) is 24.3 Å². The van der Waals surface area contributed by atoms with Crippen molar-refractivity contribution in [2.75, 3.05) is 0 Å². The van der Waals surface area contributed by atoms with Crippen molar-refractivity contribution in [1.82, 2.24) is 0 Å². The van der Waals surface area contributed by atoms with E-state index < -0.39 is 0 Å². The van der Waals surface area contributed by atoms with Gasteiger partial charge in [0, 0.05) is 0 Å². The molecule has 0 atom stereocenters. The average molecular weight is 261 g/mol. The largest absolute Gasteiger partial charge is 0.373 e. The van der Waals surface area contributed by atoms with Gasteiger partial charge in [0.25, 0.3) is 0 Å². The topological polar surface area (TPSA) is 33.0 Å². The van der Waals surface area contributed by atoms with Crippen LogP contribution < -0.4 is 0 Å². The van der Waals surface area contributed by atoms with Gasteiger partial charge in [-0.05, 0) is 54.9 Å². The zero-order valence-corrected chi connectivity index (χ0v) is 11.6. The van der Waals surface area contributed by atoms with Crippen molar-refractivity contribution in [2.45, 2.75) is 52.2 Å². The lowest BCUT2D eigenvalue weighted by atomic mass is 9.76. The molecule has 0 amide bonds. The smallest absolute Gasteiger partial charge is 0.123 e. The van der Waals surface area contributed by atoms with Gasteiger partial charge in [-0.3, -0.25) is 0 Å². The van der Waals surface area contributed by atoms with E-state index in [1.54, 1.807) is 0 Å². The lowest BCUT2D eigenvalue weighted by Crippen LogP contribution is -2.26. The van der Waals surface area contributed by atoms with Gasteiger partial charge in [-0.2, -0.15) is 5.26 Å². The second kappa shape index (κ2) is 5.71. The molecule has 1 fully saturated rings. The third-order valence-electron chi connectivity index (χ3n) is 3.95. The molecule has 102 valence electrons. The van der Waals surface area contributed by atoms with E-state index in [2.05, 4.69) is 19.9 Å². The Kier molecular flexibility index (Phi) is 4.21. The van der Waals surface area contributed by atoms with Crippen LogP contribution in [0.15, 0.2) is 18.2 Å². The van der Waals surface area contributed by atoms with Crippen LogP contribution >= 0.6 is 0 Å². The maximum atomic E-state index is 13.2. The molecule has 2 nitrogen and oxygen atoms in total. The maximum Gasteiger partial charge on any atom is 0.123 e. The zero-order chi connectivity index (χ0) is 13.9. The minimum Gasteiger partial charge on any atom is -0.373 e. The molecule has 19 heavy (non-hydrogen) atoms. The third-order valence-corrected chi connectivity index (χ3v) is 3.95. The van der Waals surface area contributed by atoms with E-state index in [1.165, 1.54) is 18.2 Å². The van der Waals surface area contributed by atoms with Crippen LogP contribution in [0.5, 0.6) is 0 Å². The molecule has 0 saturated heterocycles. The van der Waals surface area contributed by atoms with Crippen LogP contribution in [0.3, 0.4) is 0 Å². The Morgan fingerprint density at radius 3 is 2.68 bits per heavy atom. The van der Waals surface area contributed by atoms with Crippen molar-refractivity contribution in [3.8, 4) is 6.07 Å². The molecule has 0 aromatic heterocycles. The van der Waals surface area contributed by atoms with Crippen LogP contribution in [0.4, 0.5) is 4.39 Å². The first kappa shape index (κ1) is 14.0. The molecule has 1 aliphatic carbocycles. The predicted molar refractivity (Wildman–Crippen MR) is 71.9 cm³/mol. The summed E-state index contributed by atoms with van der Waals surface area (Å²) in [6.45, 7) is 4.89. The highest BCUT2D eigenvalue weighted by Crippen LogP contribution is 2.36. The molecule has 0 bridgehead atoms. The standard InChI is InChI=1S/C16H20FNO/c1-16(2)7-5-15(6-8-16)19-11-13-9-14(17)4-3-12(13)10-18/h3-4,9,15H,5-8,11H2,1-2H3. The Morgan fingerprint density at radius 2 is 2.05 bits per heavy atom. The van der Waals surface area contributed by atoms with E-state index in [9.17, 15) is 4.39 Å². The number of hydrogen-bond donors (Lipinski definition) is 0. The minimum atomic E-state index is -0.317. The van der Waals surface area contributed by atoms with Crippen LogP contribution in [0.1, 0.15) is 50.7 Å². The third kappa shape index (κ3) is 3.78. The SMILES string of the molecule is CC1(C)CCC(OCc2cc(F)ccc2C#N)CC1. The number of hydrogen-bond acceptors (Lipinski definition) is 2. The molecule has 1 saturated carbocycles. The molecular formula is C16H20FNO. The number of rotatable bonds is 3. The summed E-state index contributed by atoms with van der Waals surface area (Å²) >= 11 is 0. The highest BCUT2D eigenvalue weighted by atomic mass is 19.1. The Labute approximate surface area is 114 Å². The summed E-state index contributed by atoms with van der Waals surface area (Å²) in [4.78, 5) is 0. The van der Waals surface area contributed by atoms with E-state index in [0.717, 1.165) is 25.7 Å². The summed E-state index contributed by atoms with van der Waals surface area (Å²) in [7, 11) is 0. The Balaban J connectivity index is 1.93. The number of ether oxygens (including phenoxy) is 1. The van der Waals surface area contributed by atoms with E-state index in [4.69, 9.17) is 10.00 Å². The van der Waals surface area contributed by atoms with Gasteiger partial charge >= 0.3 is 0 Å². The molecule has 0 radical (unpaired) electrons. The first-order valence-electron chi connectivity index (χ1n) is 6.80. The predicted octanol–water partition coefficient (Wildman–Crippen LogP) is 4.18. The molecule has 0 heterocycles. The van der Waals surface area contributed by atoms with Crippen molar-refractivity contribution in [1.29, 1.82) is 5.26 Å². The monoisotopic (exact) mass is 261 g/mol. The highest BCUT2D eigenvalue weighted by molar-refractivity contribution is 5.37. The lowest BCUT2D eigenvalue weighted by molar-refractivity contribution is -0.00574. The fourth-order valence-corrected chi connectivity index (χ4v) is 2.54. The molecule has 1 aromatic carbocycles. The Hall–Kier alpha value is -1.40. The van der Waals surface area contributed by atoms with Gasteiger partial charge in [-0.15, -0.1) is 0 Å². The van der Waals surface area contributed by atoms with Gasteiger partial charge < -0.3 is 4.74 Å². The quantitative estimate of drug-likeness (QED) is 0.817. The first-order valence-corrected chi connectivity index (χ1v) is 6.80. The average Bonchev–Trinajstić information content (AvgIpc) is 2.38. The molecule has 3 heteroatoms. The van der Waals surface area contributed by atoms with Crippen molar-refractivity contribution in [3.05, 3.63) is 35.1 Å². The molecule has 0 unspecified atom stereocenters. The van der Waals surface area contributed by atoms with Gasteiger partial charge in [0.2, 0.25) is 0 Å². The van der Waals surface area contributed by atoms with Crippen LogP contribution in [0.25, 0.3) is 0 Å². The minimum absolute atomic E-state index is 0.239. The van der Waals surface area contributed by atoms with Gasteiger partial charge in [-0.1, -0.05) is 13.8 Å². The summed E-state index contributed by atoms with van der Waals surface area (Å²) in [5, 5.41) is 8.99. The van der Waals surface area contributed by atoms with Crippen LogP contribution in [0, 0.1) is 22.6 Å². The second-order valence-corrected chi connectivity index (χ2v) is 6.09. The molecule has 1 aromatic rings. The fraction of sp³-hybridized carbons (Fsp3) is 0.562. The van der Waals surface area contributed by atoms with Crippen molar-refractivity contribution >= 4 is 0 Å². The van der Waals surface area contributed by atoms with Gasteiger partial charge in [0.1, 0.15) is 5.82 Å². The maximum absolute atomic E-state index is 13.2. The highest BCUT2D eigenvalue weighted by Gasteiger charge is 2.27. The van der Waals surface area contributed by atoms with Crippen LogP contribution in [-0.2, 0) is 11.3 Å². The molecule has 2 rings (SSSR count). The number of nitriles is 1. The summed E-state index contributed by atoms with van der Waals surface area (Å²) in [6.07, 6.45) is 4.65. The molecule has 1 aliphatic rings. The molecule has 0 aliphatic heterocycles. The summed E-state index contributed by atoms with van der Waals surface area (Å²) < 4.78 is 19.0. The molecular weight excluding hydrogens is 241 g/mol. The van der Waals surface area contributed by atoms with E-state index in [0.29, 0.717) is 23.1 Å². The van der Waals surface area contributed by atoms with E-state index >= 15 is 0 Å². The number of benzene rings is 1. The van der Waals surface area contributed by atoms with E-state index in [-0.39, 0.29) is 11.9 Å². The summed E-state index contributed by atoms with van der Waals surface area (Å²) in [6, 6.07) is 6.29. The van der Waals surface area contributed by atoms with Gasteiger partial charge in [-0.25, -0.2) is 4.39 Å². The molecule has 0 spiro atoms. The van der Waals surface area contributed by atoms with Crippen molar-refractivity contribution < 1.29 is 9.13 Å². The first-order chi connectivity index (χ1) is 9.00.